The zero-order chi connectivity index (χ0) is 16.1. The van der Waals surface area contributed by atoms with E-state index in [1.54, 1.807) is 11.1 Å². The molecule has 2 aliphatic heterocycles. The highest BCUT2D eigenvalue weighted by Gasteiger charge is 2.49. The molecule has 1 unspecified atom stereocenters. The van der Waals surface area contributed by atoms with Crippen LogP contribution in [0.4, 0.5) is 10.5 Å². The van der Waals surface area contributed by atoms with Crippen molar-refractivity contribution in [2.75, 3.05) is 24.5 Å². The lowest BCUT2D eigenvalue weighted by atomic mass is 9.93. The van der Waals surface area contributed by atoms with Gasteiger partial charge in [-0.2, -0.15) is 0 Å². The molecule has 0 saturated carbocycles. The monoisotopic (exact) mass is 343 g/mol. The van der Waals surface area contributed by atoms with Gasteiger partial charge in [0.15, 0.2) is 0 Å². The van der Waals surface area contributed by atoms with Gasteiger partial charge < -0.3 is 14.5 Å². The molecular weight excluding hydrogens is 325 g/mol. The number of pyridine rings is 1. The second-order valence-electron chi connectivity index (χ2n) is 6.83. The van der Waals surface area contributed by atoms with Crippen molar-refractivity contribution in [1.82, 2.24) is 9.88 Å². The van der Waals surface area contributed by atoms with E-state index < -0.39 is 5.60 Å². The summed E-state index contributed by atoms with van der Waals surface area (Å²) in [6, 6.07) is 2.02. The van der Waals surface area contributed by atoms with Crippen LogP contribution in [0.3, 0.4) is 0 Å². The molecule has 120 valence electrons. The maximum absolute atomic E-state index is 12.2. The Morgan fingerprint density at radius 2 is 2.05 bits per heavy atom. The molecular formula is C15H19Cl2N3O2. The molecule has 0 radical (unpaired) electrons. The molecule has 3 heterocycles. The fourth-order valence-corrected chi connectivity index (χ4v) is 3.23. The molecule has 22 heavy (non-hydrogen) atoms. The van der Waals surface area contributed by atoms with Crippen LogP contribution in [-0.4, -0.2) is 47.3 Å². The van der Waals surface area contributed by atoms with Crippen LogP contribution in [0.2, 0.25) is 10.2 Å². The number of hydrogen-bond acceptors (Lipinski definition) is 4. The number of ether oxygens (including phenoxy) is 1. The lowest BCUT2D eigenvalue weighted by Gasteiger charge is -2.43. The predicted molar refractivity (Wildman–Crippen MR) is 86.7 cm³/mol. The van der Waals surface area contributed by atoms with Gasteiger partial charge in [0.1, 0.15) is 10.8 Å². The molecule has 1 aromatic heterocycles. The highest BCUT2D eigenvalue weighted by atomic mass is 35.5. The van der Waals surface area contributed by atoms with Crippen LogP contribution in [0.15, 0.2) is 12.3 Å². The van der Waals surface area contributed by atoms with Gasteiger partial charge in [-0.15, -0.1) is 0 Å². The largest absolute Gasteiger partial charge is 0.444 e. The van der Waals surface area contributed by atoms with Crippen LogP contribution >= 0.6 is 23.2 Å². The molecule has 0 spiro atoms. The van der Waals surface area contributed by atoms with E-state index in [0.29, 0.717) is 16.1 Å². The molecule has 3 rings (SSSR count). The van der Waals surface area contributed by atoms with E-state index in [1.807, 2.05) is 26.8 Å². The van der Waals surface area contributed by atoms with Crippen LogP contribution < -0.4 is 4.90 Å². The van der Waals surface area contributed by atoms with E-state index in [0.717, 1.165) is 25.3 Å². The fourth-order valence-electron chi connectivity index (χ4n) is 2.96. The molecule has 2 aliphatic rings. The number of aromatic nitrogens is 1. The number of hydrogen-bond donors (Lipinski definition) is 0. The quantitative estimate of drug-likeness (QED) is 0.732. The van der Waals surface area contributed by atoms with Crippen molar-refractivity contribution < 1.29 is 9.53 Å². The van der Waals surface area contributed by atoms with Crippen LogP contribution in [0.1, 0.15) is 20.8 Å². The lowest BCUT2D eigenvalue weighted by Crippen LogP contribution is -2.59. The van der Waals surface area contributed by atoms with Crippen molar-refractivity contribution in [2.45, 2.75) is 32.4 Å². The maximum Gasteiger partial charge on any atom is 0.410 e. The Balaban J connectivity index is 1.65. The summed E-state index contributed by atoms with van der Waals surface area (Å²) >= 11 is 11.9. The van der Waals surface area contributed by atoms with Crippen LogP contribution in [-0.2, 0) is 4.74 Å². The average molecular weight is 344 g/mol. The molecule has 0 bridgehead atoms. The number of anilines is 1. The summed E-state index contributed by atoms with van der Waals surface area (Å²) in [5.41, 5.74) is 0.474. The van der Waals surface area contributed by atoms with E-state index in [1.165, 1.54) is 0 Å². The highest BCUT2D eigenvalue weighted by Crippen LogP contribution is 2.36. The van der Waals surface area contributed by atoms with Gasteiger partial charge >= 0.3 is 6.09 Å². The van der Waals surface area contributed by atoms with Crippen molar-refractivity contribution >= 4 is 35.0 Å². The highest BCUT2D eigenvalue weighted by molar-refractivity contribution is 6.41. The van der Waals surface area contributed by atoms with Crippen molar-refractivity contribution in [3.63, 3.8) is 0 Å². The third-order valence-corrected chi connectivity index (χ3v) is 4.70. The van der Waals surface area contributed by atoms with Gasteiger partial charge in [-0.05, 0) is 26.8 Å². The zero-order valence-electron chi connectivity index (χ0n) is 12.8. The molecule has 0 N–H and O–H groups in total. The Morgan fingerprint density at radius 3 is 2.68 bits per heavy atom. The van der Waals surface area contributed by atoms with Gasteiger partial charge in [-0.1, -0.05) is 23.2 Å². The second kappa shape index (κ2) is 5.46. The molecule has 2 fully saturated rings. The minimum atomic E-state index is -0.464. The average Bonchev–Trinajstić information content (AvgIpc) is 2.69. The summed E-state index contributed by atoms with van der Waals surface area (Å²) in [5, 5.41) is 0.755. The number of rotatable bonds is 1. The minimum absolute atomic E-state index is 0.198. The molecule has 2 atom stereocenters. The van der Waals surface area contributed by atoms with Crippen LogP contribution in [0.25, 0.3) is 0 Å². The van der Waals surface area contributed by atoms with Crippen molar-refractivity contribution in [2.24, 2.45) is 5.92 Å². The zero-order valence-corrected chi connectivity index (χ0v) is 14.4. The third kappa shape index (κ3) is 2.97. The summed E-state index contributed by atoms with van der Waals surface area (Å²) < 4.78 is 5.44. The van der Waals surface area contributed by atoms with E-state index in [-0.39, 0.29) is 12.1 Å². The predicted octanol–water partition coefficient (Wildman–Crippen LogP) is 3.44. The molecule has 7 heteroatoms. The third-order valence-electron chi connectivity index (χ3n) is 4.01. The Hall–Kier alpha value is -1.20. The normalized spacial score (nSPS) is 24.0. The second-order valence-corrected chi connectivity index (χ2v) is 7.60. The van der Waals surface area contributed by atoms with Crippen molar-refractivity contribution in [1.29, 1.82) is 0 Å². The first-order chi connectivity index (χ1) is 10.2. The summed E-state index contributed by atoms with van der Waals surface area (Å²) in [7, 11) is 0. The number of halogens is 2. The lowest BCUT2D eigenvalue weighted by molar-refractivity contribution is -0.0163. The minimum Gasteiger partial charge on any atom is -0.444 e. The number of carbonyl (C=O) groups excluding carboxylic acids is 1. The first kappa shape index (κ1) is 15.7. The summed E-state index contributed by atoms with van der Waals surface area (Å²) in [5.74, 6) is 0.474. The topological polar surface area (TPSA) is 45.7 Å². The van der Waals surface area contributed by atoms with Gasteiger partial charge in [0.05, 0.1) is 22.9 Å². The molecule has 0 aliphatic carbocycles. The van der Waals surface area contributed by atoms with E-state index in [4.69, 9.17) is 27.9 Å². The van der Waals surface area contributed by atoms with Gasteiger partial charge in [-0.3, -0.25) is 0 Å². The number of fused-ring (bicyclic) bond motifs is 1. The van der Waals surface area contributed by atoms with Gasteiger partial charge in [-0.25, -0.2) is 9.78 Å². The van der Waals surface area contributed by atoms with Crippen LogP contribution in [0.5, 0.6) is 0 Å². The fraction of sp³-hybridized carbons (Fsp3) is 0.600. The SMILES string of the molecule is CC(C)(C)OC(=O)N1C[C@H]2CN(c3cnc(Cl)c(Cl)c3)CC21. The van der Waals surface area contributed by atoms with E-state index >= 15 is 0 Å². The van der Waals surface area contributed by atoms with Gasteiger partial charge in [0.25, 0.3) is 0 Å². The number of likely N-dealkylation sites (tertiary alicyclic amines) is 1. The van der Waals surface area contributed by atoms with Crippen molar-refractivity contribution in [3.05, 3.63) is 22.4 Å². The summed E-state index contributed by atoms with van der Waals surface area (Å²) in [6.45, 7) is 8.04. The number of nitrogens with zero attached hydrogens (tertiary/aromatic N) is 3. The van der Waals surface area contributed by atoms with E-state index in [2.05, 4.69) is 9.88 Å². The van der Waals surface area contributed by atoms with Crippen LogP contribution in [0, 0.1) is 5.92 Å². The Kier molecular flexibility index (Phi) is 3.89. The Labute approximate surface area is 140 Å². The maximum atomic E-state index is 12.2. The summed E-state index contributed by atoms with van der Waals surface area (Å²) in [4.78, 5) is 20.2. The smallest absolute Gasteiger partial charge is 0.410 e. The summed E-state index contributed by atoms with van der Waals surface area (Å²) in [6.07, 6.45) is 1.49. The molecule has 2 saturated heterocycles. The Morgan fingerprint density at radius 1 is 1.32 bits per heavy atom. The molecule has 1 amide bonds. The first-order valence-electron chi connectivity index (χ1n) is 7.30. The van der Waals surface area contributed by atoms with Gasteiger partial charge in [0, 0.05) is 25.6 Å². The standard InChI is InChI=1S/C15H19Cl2N3O2/c1-15(2,3)22-14(21)20-7-9-6-19(8-12(9)20)10-4-11(16)13(17)18-5-10/h4-5,9,12H,6-8H2,1-3H3/t9-,12?/m1/s1. The van der Waals surface area contributed by atoms with Crippen molar-refractivity contribution in [3.8, 4) is 0 Å². The van der Waals surface area contributed by atoms with E-state index in [9.17, 15) is 4.79 Å². The molecule has 5 nitrogen and oxygen atoms in total. The molecule has 0 aromatic carbocycles. The Bertz CT molecular complexity index is 603. The number of amides is 1. The first-order valence-corrected chi connectivity index (χ1v) is 8.06. The van der Waals surface area contributed by atoms with Gasteiger partial charge in [0.2, 0.25) is 0 Å². The molecule has 1 aromatic rings. The number of carbonyl (C=O) groups is 1.